The minimum atomic E-state index is -0.175. The maximum atomic E-state index is 12.4. The van der Waals surface area contributed by atoms with E-state index in [2.05, 4.69) is 24.1 Å². The highest BCUT2D eigenvalue weighted by molar-refractivity contribution is 6.33. The van der Waals surface area contributed by atoms with Gasteiger partial charge in [0.1, 0.15) is 5.75 Å². The third-order valence-corrected chi connectivity index (χ3v) is 4.44. The second kappa shape index (κ2) is 7.88. The van der Waals surface area contributed by atoms with Crippen LogP contribution in [0.3, 0.4) is 0 Å². The van der Waals surface area contributed by atoms with Crippen LogP contribution in [0.25, 0.3) is 0 Å². The Morgan fingerprint density at radius 3 is 2.91 bits per heavy atom. The summed E-state index contributed by atoms with van der Waals surface area (Å²) in [5.74, 6) is 1.43. The average Bonchev–Trinajstić information content (AvgIpc) is 2.93. The Bertz CT molecular complexity index is 563. The van der Waals surface area contributed by atoms with Crippen molar-refractivity contribution in [3.63, 3.8) is 0 Å². The molecule has 1 heterocycles. The predicted octanol–water partition coefficient (Wildman–Crippen LogP) is 2.64. The number of nitrogens with one attached hydrogen (secondary N) is 1. The van der Waals surface area contributed by atoms with Gasteiger partial charge in [0.05, 0.1) is 23.4 Å². The molecule has 6 heteroatoms. The molecule has 1 saturated heterocycles. The first-order chi connectivity index (χ1) is 10.9. The Balaban J connectivity index is 1.92. The maximum Gasteiger partial charge on any atom is 0.255 e. The summed E-state index contributed by atoms with van der Waals surface area (Å²) in [6.45, 7) is 8.39. The van der Waals surface area contributed by atoms with Gasteiger partial charge in [-0.1, -0.05) is 25.4 Å². The molecule has 0 aliphatic carbocycles. The Labute approximate surface area is 143 Å². The van der Waals surface area contributed by atoms with E-state index in [-0.39, 0.29) is 5.91 Å². The maximum absolute atomic E-state index is 12.4. The van der Waals surface area contributed by atoms with Gasteiger partial charge in [-0.3, -0.25) is 4.79 Å². The number of hydrogen-bond acceptors (Lipinski definition) is 4. The molecule has 1 atom stereocenters. The molecule has 1 unspecified atom stereocenters. The molecular formula is C17H26ClN3O2. The molecule has 1 aliphatic heterocycles. The van der Waals surface area contributed by atoms with Gasteiger partial charge in [0.15, 0.2) is 0 Å². The second-order valence-corrected chi connectivity index (χ2v) is 7.00. The van der Waals surface area contributed by atoms with E-state index >= 15 is 0 Å². The summed E-state index contributed by atoms with van der Waals surface area (Å²) < 4.78 is 5.23. The van der Waals surface area contributed by atoms with Gasteiger partial charge in [0, 0.05) is 25.7 Å². The summed E-state index contributed by atoms with van der Waals surface area (Å²) in [5.41, 5.74) is 6.57. The zero-order valence-electron chi connectivity index (χ0n) is 14.1. The molecule has 0 spiro atoms. The predicted molar refractivity (Wildman–Crippen MR) is 94.1 cm³/mol. The highest BCUT2D eigenvalue weighted by atomic mass is 35.5. The van der Waals surface area contributed by atoms with Gasteiger partial charge in [-0.15, -0.1) is 0 Å². The average molecular weight is 340 g/mol. The number of anilines is 1. The van der Waals surface area contributed by atoms with E-state index in [0.717, 1.165) is 26.1 Å². The van der Waals surface area contributed by atoms with Crippen LogP contribution in [0.15, 0.2) is 12.1 Å². The largest absolute Gasteiger partial charge is 0.496 e. The number of nitrogens with two attached hydrogens (primary N) is 1. The van der Waals surface area contributed by atoms with Crippen molar-refractivity contribution in [2.75, 3.05) is 39.0 Å². The molecular weight excluding hydrogens is 314 g/mol. The van der Waals surface area contributed by atoms with Crippen molar-refractivity contribution >= 4 is 23.2 Å². The second-order valence-electron chi connectivity index (χ2n) is 6.59. The van der Waals surface area contributed by atoms with Crippen molar-refractivity contribution in [1.29, 1.82) is 0 Å². The number of likely N-dealkylation sites (tertiary alicyclic amines) is 1. The first-order valence-electron chi connectivity index (χ1n) is 8.04. The van der Waals surface area contributed by atoms with Crippen LogP contribution in [0, 0.1) is 11.8 Å². The lowest BCUT2D eigenvalue weighted by Gasteiger charge is -2.18. The molecule has 5 nitrogen and oxygen atoms in total. The van der Waals surface area contributed by atoms with Crippen molar-refractivity contribution in [2.45, 2.75) is 20.3 Å². The topological polar surface area (TPSA) is 67.6 Å². The standard InChI is InChI=1S/C17H26ClN3O2/c1-11(2)9-21-5-4-12(10-21)8-20-17(22)13-6-14(18)15(19)7-16(13)23-3/h6-7,11-12H,4-5,8-10,19H2,1-3H3,(H,20,22). The van der Waals surface area contributed by atoms with Crippen LogP contribution in [0.4, 0.5) is 5.69 Å². The zero-order chi connectivity index (χ0) is 17.0. The van der Waals surface area contributed by atoms with Crippen LogP contribution in [0.2, 0.25) is 5.02 Å². The molecule has 1 aromatic rings. The van der Waals surface area contributed by atoms with E-state index in [4.69, 9.17) is 22.1 Å². The monoisotopic (exact) mass is 339 g/mol. The van der Waals surface area contributed by atoms with Gasteiger partial charge in [0.2, 0.25) is 0 Å². The van der Waals surface area contributed by atoms with E-state index in [1.165, 1.54) is 7.11 Å². The van der Waals surface area contributed by atoms with Crippen LogP contribution in [-0.2, 0) is 0 Å². The van der Waals surface area contributed by atoms with Crippen molar-refractivity contribution < 1.29 is 9.53 Å². The molecule has 3 N–H and O–H groups in total. The fraction of sp³-hybridized carbons (Fsp3) is 0.588. The van der Waals surface area contributed by atoms with E-state index in [0.29, 0.717) is 40.4 Å². The summed E-state index contributed by atoms with van der Waals surface area (Å²) in [6, 6.07) is 3.14. The fourth-order valence-corrected chi connectivity index (χ4v) is 3.17. The molecule has 1 fully saturated rings. The van der Waals surface area contributed by atoms with Gasteiger partial charge < -0.3 is 20.7 Å². The molecule has 128 valence electrons. The summed E-state index contributed by atoms with van der Waals surface area (Å²) in [4.78, 5) is 14.9. The van der Waals surface area contributed by atoms with Crippen LogP contribution in [0.1, 0.15) is 30.6 Å². The summed E-state index contributed by atoms with van der Waals surface area (Å²) in [6.07, 6.45) is 1.12. The summed E-state index contributed by atoms with van der Waals surface area (Å²) >= 11 is 6.01. The van der Waals surface area contributed by atoms with Crippen molar-refractivity contribution in [3.05, 3.63) is 22.7 Å². The lowest BCUT2D eigenvalue weighted by molar-refractivity contribution is 0.0944. The highest BCUT2D eigenvalue weighted by Crippen LogP contribution is 2.28. The smallest absolute Gasteiger partial charge is 0.255 e. The van der Waals surface area contributed by atoms with Gasteiger partial charge in [-0.05, 0) is 30.9 Å². The van der Waals surface area contributed by atoms with E-state index < -0.39 is 0 Å². The summed E-state index contributed by atoms with van der Waals surface area (Å²) in [7, 11) is 1.51. The van der Waals surface area contributed by atoms with E-state index in [1.54, 1.807) is 12.1 Å². The fourth-order valence-electron chi connectivity index (χ4n) is 3.01. The van der Waals surface area contributed by atoms with Gasteiger partial charge in [-0.25, -0.2) is 0 Å². The van der Waals surface area contributed by atoms with Gasteiger partial charge in [-0.2, -0.15) is 0 Å². The number of nitrogen functional groups attached to an aromatic ring is 1. The number of nitrogens with zero attached hydrogens (tertiary/aromatic N) is 1. The number of carbonyl (C=O) groups excluding carboxylic acids is 1. The zero-order valence-corrected chi connectivity index (χ0v) is 14.8. The number of carbonyl (C=O) groups is 1. The Morgan fingerprint density at radius 1 is 1.52 bits per heavy atom. The first kappa shape index (κ1) is 17.9. The number of rotatable bonds is 6. The molecule has 1 amide bonds. The van der Waals surface area contributed by atoms with E-state index in [9.17, 15) is 4.79 Å². The summed E-state index contributed by atoms with van der Waals surface area (Å²) in [5, 5.41) is 3.35. The minimum Gasteiger partial charge on any atom is -0.496 e. The number of halogens is 1. The number of hydrogen-bond donors (Lipinski definition) is 2. The lowest BCUT2D eigenvalue weighted by atomic mass is 10.1. The van der Waals surface area contributed by atoms with E-state index in [1.807, 2.05) is 0 Å². The van der Waals surface area contributed by atoms with Gasteiger partial charge in [0.25, 0.3) is 5.91 Å². The quantitative estimate of drug-likeness (QED) is 0.782. The van der Waals surface area contributed by atoms with Crippen LogP contribution >= 0.6 is 11.6 Å². The van der Waals surface area contributed by atoms with Crippen LogP contribution in [0.5, 0.6) is 5.75 Å². The SMILES string of the molecule is COc1cc(N)c(Cl)cc1C(=O)NCC1CCN(CC(C)C)C1. The highest BCUT2D eigenvalue weighted by Gasteiger charge is 2.24. The minimum absolute atomic E-state index is 0.175. The normalized spacial score (nSPS) is 18.4. The first-order valence-corrected chi connectivity index (χ1v) is 8.42. The molecule has 1 aliphatic rings. The Hall–Kier alpha value is -1.46. The third kappa shape index (κ3) is 4.75. The number of benzene rings is 1. The molecule has 0 bridgehead atoms. The van der Waals surface area contributed by atoms with Crippen molar-refractivity contribution in [3.8, 4) is 5.75 Å². The molecule has 1 aromatic carbocycles. The van der Waals surface area contributed by atoms with Gasteiger partial charge >= 0.3 is 0 Å². The Kier molecular flexibility index (Phi) is 6.13. The molecule has 0 saturated carbocycles. The van der Waals surface area contributed by atoms with Crippen molar-refractivity contribution in [1.82, 2.24) is 10.2 Å². The number of ether oxygens (including phenoxy) is 1. The molecule has 0 aromatic heterocycles. The van der Waals surface area contributed by atoms with Crippen LogP contribution < -0.4 is 15.8 Å². The molecule has 23 heavy (non-hydrogen) atoms. The third-order valence-electron chi connectivity index (χ3n) is 4.11. The molecule has 0 radical (unpaired) electrons. The lowest BCUT2D eigenvalue weighted by Crippen LogP contribution is -2.32. The number of amides is 1. The van der Waals surface area contributed by atoms with Crippen molar-refractivity contribution in [2.24, 2.45) is 11.8 Å². The van der Waals surface area contributed by atoms with Crippen LogP contribution in [-0.4, -0.2) is 44.1 Å². The Morgan fingerprint density at radius 2 is 2.26 bits per heavy atom. The molecule has 2 rings (SSSR count). The number of methoxy groups -OCH3 is 1.